The Labute approximate surface area is 105 Å². The Hall–Kier alpha value is -1.85. The van der Waals surface area contributed by atoms with Gasteiger partial charge < -0.3 is 10.4 Å². The molecule has 98 valence electrons. The molecule has 1 aromatic rings. The highest BCUT2D eigenvalue weighted by Gasteiger charge is 2.44. The van der Waals surface area contributed by atoms with Crippen LogP contribution in [0.25, 0.3) is 0 Å². The molecule has 1 aliphatic rings. The summed E-state index contributed by atoms with van der Waals surface area (Å²) in [5.74, 6) is -0.931. The number of carbonyl (C=O) groups is 2. The van der Waals surface area contributed by atoms with E-state index in [4.69, 9.17) is 5.11 Å². The van der Waals surface area contributed by atoms with Crippen LogP contribution in [0.15, 0.2) is 18.5 Å². The number of carboxylic acids is 1. The number of amides is 1. The predicted octanol–water partition coefficient (Wildman–Crippen LogP) is 0.644. The number of aryl methyl sites for hydroxylation is 1. The third kappa shape index (κ3) is 2.69. The van der Waals surface area contributed by atoms with Crippen molar-refractivity contribution in [1.82, 2.24) is 15.1 Å². The maximum atomic E-state index is 11.6. The zero-order valence-corrected chi connectivity index (χ0v) is 10.1. The average molecular weight is 251 g/mol. The first-order chi connectivity index (χ1) is 8.62. The SMILES string of the molecule is O=C(CCn1cccn1)NCC1(C(=O)O)CCC1. The number of nitrogens with zero attached hydrogens (tertiary/aromatic N) is 2. The molecule has 1 aromatic heterocycles. The van der Waals surface area contributed by atoms with Gasteiger partial charge in [0.05, 0.1) is 5.41 Å². The normalized spacial score (nSPS) is 16.9. The van der Waals surface area contributed by atoms with Gasteiger partial charge in [0.25, 0.3) is 0 Å². The van der Waals surface area contributed by atoms with E-state index in [2.05, 4.69) is 10.4 Å². The van der Waals surface area contributed by atoms with E-state index in [0.717, 1.165) is 6.42 Å². The van der Waals surface area contributed by atoms with Crippen molar-refractivity contribution < 1.29 is 14.7 Å². The summed E-state index contributed by atoms with van der Waals surface area (Å²) in [4.78, 5) is 22.7. The summed E-state index contributed by atoms with van der Waals surface area (Å²) >= 11 is 0. The minimum Gasteiger partial charge on any atom is -0.481 e. The smallest absolute Gasteiger partial charge is 0.311 e. The molecule has 1 saturated carbocycles. The Morgan fingerprint density at radius 1 is 1.44 bits per heavy atom. The highest BCUT2D eigenvalue weighted by molar-refractivity contribution is 5.79. The van der Waals surface area contributed by atoms with Crippen LogP contribution in [0.2, 0.25) is 0 Å². The zero-order valence-electron chi connectivity index (χ0n) is 10.1. The summed E-state index contributed by atoms with van der Waals surface area (Å²) in [5.41, 5.74) is -0.721. The topological polar surface area (TPSA) is 84.2 Å². The Kier molecular flexibility index (Phi) is 3.64. The van der Waals surface area contributed by atoms with E-state index in [1.165, 1.54) is 0 Å². The first-order valence-electron chi connectivity index (χ1n) is 6.10. The van der Waals surface area contributed by atoms with Gasteiger partial charge in [0.2, 0.25) is 5.91 Å². The first-order valence-corrected chi connectivity index (χ1v) is 6.10. The lowest BCUT2D eigenvalue weighted by Gasteiger charge is -2.37. The zero-order chi connectivity index (χ0) is 13.0. The Bertz CT molecular complexity index is 424. The molecule has 1 fully saturated rings. The minimum absolute atomic E-state index is 0.127. The molecule has 1 aliphatic carbocycles. The summed E-state index contributed by atoms with van der Waals surface area (Å²) < 4.78 is 1.68. The van der Waals surface area contributed by atoms with Gasteiger partial charge in [-0.1, -0.05) is 6.42 Å². The average Bonchev–Trinajstić information content (AvgIpc) is 2.77. The van der Waals surface area contributed by atoms with Crippen LogP contribution in [0.4, 0.5) is 0 Å². The van der Waals surface area contributed by atoms with Gasteiger partial charge in [0, 0.05) is 31.9 Å². The second kappa shape index (κ2) is 5.20. The van der Waals surface area contributed by atoms with E-state index in [1.807, 2.05) is 0 Å². The molecule has 0 unspecified atom stereocenters. The molecule has 2 rings (SSSR count). The molecule has 0 aromatic carbocycles. The van der Waals surface area contributed by atoms with E-state index in [-0.39, 0.29) is 12.5 Å². The van der Waals surface area contributed by atoms with E-state index >= 15 is 0 Å². The maximum Gasteiger partial charge on any atom is 0.311 e. The predicted molar refractivity (Wildman–Crippen MR) is 63.8 cm³/mol. The summed E-state index contributed by atoms with van der Waals surface area (Å²) in [6.07, 6.45) is 6.00. The summed E-state index contributed by atoms with van der Waals surface area (Å²) in [5, 5.41) is 15.8. The summed E-state index contributed by atoms with van der Waals surface area (Å²) in [6, 6.07) is 1.80. The van der Waals surface area contributed by atoms with Crippen molar-refractivity contribution >= 4 is 11.9 Å². The van der Waals surface area contributed by atoms with E-state index in [9.17, 15) is 9.59 Å². The van der Waals surface area contributed by atoms with Crippen molar-refractivity contribution in [1.29, 1.82) is 0 Å². The molecule has 6 heteroatoms. The quantitative estimate of drug-likeness (QED) is 0.777. The lowest BCUT2D eigenvalue weighted by Crippen LogP contribution is -2.47. The van der Waals surface area contributed by atoms with Crippen LogP contribution in [0.5, 0.6) is 0 Å². The van der Waals surface area contributed by atoms with Crippen molar-refractivity contribution in [2.24, 2.45) is 5.41 Å². The molecular formula is C12H17N3O3. The molecule has 0 bridgehead atoms. The van der Waals surface area contributed by atoms with Crippen molar-refractivity contribution in [3.63, 3.8) is 0 Å². The Balaban J connectivity index is 1.73. The fourth-order valence-electron chi connectivity index (χ4n) is 2.07. The second-order valence-corrected chi connectivity index (χ2v) is 4.73. The largest absolute Gasteiger partial charge is 0.481 e. The molecule has 0 spiro atoms. The molecule has 0 radical (unpaired) electrons. The third-order valence-corrected chi connectivity index (χ3v) is 3.52. The van der Waals surface area contributed by atoms with E-state index in [0.29, 0.717) is 25.8 Å². The number of aliphatic carboxylic acids is 1. The number of hydrogen-bond donors (Lipinski definition) is 2. The Morgan fingerprint density at radius 2 is 2.22 bits per heavy atom. The molecule has 0 saturated heterocycles. The van der Waals surface area contributed by atoms with Crippen molar-refractivity contribution in [2.75, 3.05) is 6.54 Å². The molecule has 18 heavy (non-hydrogen) atoms. The molecular weight excluding hydrogens is 234 g/mol. The van der Waals surface area contributed by atoms with Crippen molar-refractivity contribution in [3.8, 4) is 0 Å². The number of nitrogens with one attached hydrogen (secondary N) is 1. The molecule has 0 atom stereocenters. The van der Waals surface area contributed by atoms with Gasteiger partial charge >= 0.3 is 5.97 Å². The van der Waals surface area contributed by atoms with Gasteiger partial charge in [0.15, 0.2) is 0 Å². The maximum absolute atomic E-state index is 11.6. The lowest BCUT2D eigenvalue weighted by atomic mass is 9.69. The van der Waals surface area contributed by atoms with Gasteiger partial charge in [-0.3, -0.25) is 14.3 Å². The lowest BCUT2D eigenvalue weighted by molar-refractivity contribution is -0.154. The van der Waals surface area contributed by atoms with Crippen LogP contribution in [-0.4, -0.2) is 33.3 Å². The highest BCUT2D eigenvalue weighted by Crippen LogP contribution is 2.40. The minimum atomic E-state index is -0.805. The molecule has 6 nitrogen and oxygen atoms in total. The Morgan fingerprint density at radius 3 is 2.72 bits per heavy atom. The number of rotatable bonds is 6. The second-order valence-electron chi connectivity index (χ2n) is 4.73. The van der Waals surface area contributed by atoms with Crippen molar-refractivity contribution in [3.05, 3.63) is 18.5 Å². The number of carbonyl (C=O) groups excluding carboxylic acids is 1. The van der Waals surface area contributed by atoms with E-state index < -0.39 is 11.4 Å². The standard InChI is InChI=1S/C12H17N3O3/c16-10(3-8-15-7-2-6-14-15)13-9-12(11(17)18)4-1-5-12/h2,6-7H,1,3-5,8-9H2,(H,13,16)(H,17,18). The van der Waals surface area contributed by atoms with Crippen molar-refractivity contribution in [2.45, 2.75) is 32.2 Å². The van der Waals surface area contributed by atoms with Crippen LogP contribution in [0.3, 0.4) is 0 Å². The van der Waals surface area contributed by atoms with Gasteiger partial charge in [-0.2, -0.15) is 5.10 Å². The van der Waals surface area contributed by atoms with Crippen LogP contribution < -0.4 is 5.32 Å². The number of carboxylic acid groups (broad SMARTS) is 1. The summed E-state index contributed by atoms with van der Waals surface area (Å²) in [7, 11) is 0. The molecule has 0 aliphatic heterocycles. The van der Waals surface area contributed by atoms with Gasteiger partial charge in [0.1, 0.15) is 0 Å². The van der Waals surface area contributed by atoms with Crippen LogP contribution in [-0.2, 0) is 16.1 Å². The fraction of sp³-hybridized carbons (Fsp3) is 0.583. The van der Waals surface area contributed by atoms with E-state index in [1.54, 1.807) is 23.1 Å². The number of aromatic nitrogens is 2. The van der Waals surface area contributed by atoms with Crippen LogP contribution in [0, 0.1) is 5.41 Å². The van der Waals surface area contributed by atoms with Crippen LogP contribution in [0.1, 0.15) is 25.7 Å². The first kappa shape index (κ1) is 12.6. The number of hydrogen-bond acceptors (Lipinski definition) is 3. The highest BCUT2D eigenvalue weighted by atomic mass is 16.4. The fourth-order valence-corrected chi connectivity index (χ4v) is 2.07. The van der Waals surface area contributed by atoms with Gasteiger partial charge in [-0.05, 0) is 18.9 Å². The third-order valence-electron chi connectivity index (χ3n) is 3.52. The molecule has 1 heterocycles. The van der Waals surface area contributed by atoms with Gasteiger partial charge in [-0.15, -0.1) is 0 Å². The summed E-state index contributed by atoms with van der Waals surface area (Å²) in [6.45, 7) is 0.749. The van der Waals surface area contributed by atoms with Gasteiger partial charge in [-0.25, -0.2) is 0 Å². The molecule has 1 amide bonds. The van der Waals surface area contributed by atoms with Crippen LogP contribution >= 0.6 is 0 Å². The monoisotopic (exact) mass is 251 g/mol. The molecule has 2 N–H and O–H groups in total.